The van der Waals surface area contributed by atoms with Crippen LogP contribution in [-0.2, 0) is 0 Å². The van der Waals surface area contributed by atoms with Gasteiger partial charge in [0.15, 0.2) is 0 Å². The van der Waals surface area contributed by atoms with Crippen molar-refractivity contribution in [3.05, 3.63) is 17.8 Å². The monoisotopic (exact) mass is 219 g/mol. The van der Waals surface area contributed by atoms with E-state index in [1.54, 1.807) is 0 Å². The van der Waals surface area contributed by atoms with E-state index < -0.39 is 0 Å². The lowest BCUT2D eigenvalue weighted by atomic mass is 10.0. The van der Waals surface area contributed by atoms with Gasteiger partial charge in [-0.1, -0.05) is 25.7 Å². The maximum Gasteiger partial charge on any atom is 0.127 e. The summed E-state index contributed by atoms with van der Waals surface area (Å²) < 4.78 is 0. The fourth-order valence-corrected chi connectivity index (χ4v) is 2.34. The molecule has 1 aromatic heterocycles. The van der Waals surface area contributed by atoms with E-state index in [0.29, 0.717) is 0 Å². The predicted octanol–water partition coefficient (Wildman–Crippen LogP) is 2.96. The molecular formula is C13H21N3. The second kappa shape index (κ2) is 5.19. The van der Waals surface area contributed by atoms with Crippen molar-refractivity contribution in [1.29, 1.82) is 0 Å². The highest BCUT2D eigenvalue weighted by Gasteiger charge is 2.14. The number of nitrogens with one attached hydrogen (secondary N) is 1. The van der Waals surface area contributed by atoms with Crippen LogP contribution >= 0.6 is 0 Å². The average molecular weight is 219 g/mol. The molecule has 1 aliphatic rings. The Morgan fingerprint density at radius 3 is 2.88 bits per heavy atom. The molecule has 1 aromatic rings. The topological polar surface area (TPSA) is 50.9 Å². The number of hydrogen-bond donors (Lipinski definition) is 2. The Morgan fingerprint density at radius 1 is 1.44 bits per heavy atom. The second-order valence-corrected chi connectivity index (χ2v) is 4.79. The minimum atomic E-state index is 0.818. The van der Waals surface area contributed by atoms with Crippen LogP contribution < -0.4 is 11.1 Å². The molecule has 88 valence electrons. The van der Waals surface area contributed by atoms with E-state index in [-0.39, 0.29) is 0 Å². The molecule has 1 saturated carbocycles. The highest BCUT2D eigenvalue weighted by molar-refractivity contribution is 5.53. The quantitative estimate of drug-likeness (QED) is 0.818. The van der Waals surface area contributed by atoms with Gasteiger partial charge in [0.25, 0.3) is 0 Å². The Balaban J connectivity index is 1.78. The Morgan fingerprint density at radius 2 is 2.19 bits per heavy atom. The summed E-state index contributed by atoms with van der Waals surface area (Å²) in [6, 6.07) is 1.92. The van der Waals surface area contributed by atoms with E-state index in [1.165, 1.54) is 32.1 Å². The molecule has 3 heteroatoms. The van der Waals surface area contributed by atoms with Crippen molar-refractivity contribution < 1.29 is 0 Å². The number of nitrogens with zero attached hydrogens (tertiary/aromatic N) is 1. The molecule has 16 heavy (non-hydrogen) atoms. The van der Waals surface area contributed by atoms with Gasteiger partial charge in [0.1, 0.15) is 5.82 Å². The summed E-state index contributed by atoms with van der Waals surface area (Å²) in [5.41, 5.74) is 7.70. The van der Waals surface area contributed by atoms with Crippen molar-refractivity contribution in [3.63, 3.8) is 0 Å². The maximum absolute atomic E-state index is 5.83. The van der Waals surface area contributed by atoms with Crippen LogP contribution in [0.2, 0.25) is 0 Å². The summed E-state index contributed by atoms with van der Waals surface area (Å²) in [6.07, 6.45) is 8.74. The van der Waals surface area contributed by atoms with Gasteiger partial charge in [0.2, 0.25) is 0 Å². The number of nitrogen functional groups attached to an aromatic ring is 1. The largest absolute Gasteiger partial charge is 0.398 e. The zero-order valence-corrected chi connectivity index (χ0v) is 10.00. The molecule has 1 fully saturated rings. The number of pyridine rings is 1. The normalized spacial score (nSPS) is 16.6. The lowest BCUT2D eigenvalue weighted by Crippen LogP contribution is -2.08. The first-order valence-corrected chi connectivity index (χ1v) is 6.21. The molecule has 0 bridgehead atoms. The molecule has 0 aromatic carbocycles. The molecule has 0 spiro atoms. The summed E-state index contributed by atoms with van der Waals surface area (Å²) in [6.45, 7) is 2.99. The van der Waals surface area contributed by atoms with Gasteiger partial charge in [-0.2, -0.15) is 0 Å². The Bertz CT molecular complexity index is 343. The highest BCUT2D eigenvalue weighted by atomic mass is 15.0. The first-order valence-electron chi connectivity index (χ1n) is 6.21. The minimum Gasteiger partial charge on any atom is -0.398 e. The summed E-state index contributed by atoms with van der Waals surface area (Å²) in [4.78, 5) is 4.31. The van der Waals surface area contributed by atoms with Crippen LogP contribution in [0.1, 0.15) is 37.7 Å². The summed E-state index contributed by atoms with van der Waals surface area (Å²) in [7, 11) is 0. The van der Waals surface area contributed by atoms with Gasteiger partial charge in [0, 0.05) is 24.5 Å². The second-order valence-electron chi connectivity index (χ2n) is 4.79. The molecule has 2 rings (SSSR count). The number of hydrogen-bond acceptors (Lipinski definition) is 3. The van der Waals surface area contributed by atoms with E-state index in [0.717, 1.165) is 29.5 Å². The fourth-order valence-electron chi connectivity index (χ4n) is 2.34. The molecule has 0 saturated heterocycles. The van der Waals surface area contributed by atoms with Crippen molar-refractivity contribution >= 4 is 11.5 Å². The van der Waals surface area contributed by atoms with Gasteiger partial charge in [-0.25, -0.2) is 4.98 Å². The first-order chi connectivity index (χ1) is 7.75. The van der Waals surface area contributed by atoms with Crippen LogP contribution in [0.3, 0.4) is 0 Å². The van der Waals surface area contributed by atoms with Crippen LogP contribution in [-0.4, -0.2) is 11.5 Å². The predicted molar refractivity (Wildman–Crippen MR) is 68.5 cm³/mol. The Labute approximate surface area is 97.5 Å². The van der Waals surface area contributed by atoms with Gasteiger partial charge in [-0.3, -0.25) is 0 Å². The van der Waals surface area contributed by atoms with Crippen LogP contribution in [0.25, 0.3) is 0 Å². The van der Waals surface area contributed by atoms with Crippen molar-refractivity contribution in [2.24, 2.45) is 5.92 Å². The minimum absolute atomic E-state index is 0.818. The molecule has 0 unspecified atom stereocenters. The van der Waals surface area contributed by atoms with Crippen molar-refractivity contribution in [2.45, 2.75) is 39.0 Å². The van der Waals surface area contributed by atoms with Gasteiger partial charge in [-0.05, 0) is 24.8 Å². The third-order valence-corrected chi connectivity index (χ3v) is 3.48. The molecule has 0 amide bonds. The molecule has 1 heterocycles. The van der Waals surface area contributed by atoms with Crippen LogP contribution in [0.5, 0.6) is 0 Å². The zero-order valence-electron chi connectivity index (χ0n) is 10.00. The van der Waals surface area contributed by atoms with Crippen LogP contribution in [0.4, 0.5) is 11.5 Å². The maximum atomic E-state index is 5.83. The standard InChI is InChI=1S/C13H21N3/c1-10-9-16-13(8-12(10)14)15-7-6-11-4-2-3-5-11/h8-9,11H,2-7H2,1H3,(H3,14,15,16). The van der Waals surface area contributed by atoms with Crippen molar-refractivity contribution in [3.8, 4) is 0 Å². The Hall–Kier alpha value is -1.25. The number of anilines is 2. The van der Waals surface area contributed by atoms with Gasteiger partial charge in [0.05, 0.1) is 0 Å². The van der Waals surface area contributed by atoms with Crippen LogP contribution in [0.15, 0.2) is 12.3 Å². The molecule has 0 radical (unpaired) electrons. The number of aromatic nitrogens is 1. The summed E-state index contributed by atoms with van der Waals surface area (Å²) in [5.74, 6) is 1.83. The highest BCUT2D eigenvalue weighted by Crippen LogP contribution is 2.27. The fraction of sp³-hybridized carbons (Fsp3) is 0.615. The number of aryl methyl sites for hydroxylation is 1. The van der Waals surface area contributed by atoms with E-state index >= 15 is 0 Å². The zero-order chi connectivity index (χ0) is 11.4. The summed E-state index contributed by atoms with van der Waals surface area (Å²) in [5, 5.41) is 3.35. The van der Waals surface area contributed by atoms with Crippen molar-refractivity contribution in [1.82, 2.24) is 4.98 Å². The van der Waals surface area contributed by atoms with Gasteiger partial charge < -0.3 is 11.1 Å². The Kier molecular flexibility index (Phi) is 3.65. The van der Waals surface area contributed by atoms with E-state index in [9.17, 15) is 0 Å². The molecule has 0 atom stereocenters. The molecule has 3 nitrogen and oxygen atoms in total. The van der Waals surface area contributed by atoms with E-state index in [1.807, 2.05) is 19.2 Å². The average Bonchev–Trinajstić information content (AvgIpc) is 2.76. The lowest BCUT2D eigenvalue weighted by Gasteiger charge is -2.11. The molecule has 3 N–H and O–H groups in total. The molecule has 1 aliphatic carbocycles. The van der Waals surface area contributed by atoms with Crippen LogP contribution in [0, 0.1) is 12.8 Å². The number of nitrogens with two attached hydrogens (primary N) is 1. The first kappa shape index (κ1) is 11.2. The van der Waals surface area contributed by atoms with E-state index in [2.05, 4.69) is 10.3 Å². The lowest BCUT2D eigenvalue weighted by molar-refractivity contribution is 0.518. The summed E-state index contributed by atoms with van der Waals surface area (Å²) >= 11 is 0. The van der Waals surface area contributed by atoms with Crippen molar-refractivity contribution in [2.75, 3.05) is 17.6 Å². The molecular weight excluding hydrogens is 198 g/mol. The molecule has 0 aliphatic heterocycles. The third kappa shape index (κ3) is 2.87. The van der Waals surface area contributed by atoms with Gasteiger partial charge in [-0.15, -0.1) is 0 Å². The third-order valence-electron chi connectivity index (χ3n) is 3.48. The SMILES string of the molecule is Cc1cnc(NCCC2CCCC2)cc1N. The van der Waals surface area contributed by atoms with E-state index in [4.69, 9.17) is 5.73 Å². The smallest absolute Gasteiger partial charge is 0.127 e. The number of rotatable bonds is 4. The van der Waals surface area contributed by atoms with Gasteiger partial charge >= 0.3 is 0 Å².